The van der Waals surface area contributed by atoms with Gasteiger partial charge < -0.3 is 15.4 Å². The van der Waals surface area contributed by atoms with E-state index in [9.17, 15) is 28.8 Å². The summed E-state index contributed by atoms with van der Waals surface area (Å²) in [7, 11) is 0. The molecule has 6 amide bonds. The molecule has 1 saturated heterocycles. The summed E-state index contributed by atoms with van der Waals surface area (Å²) in [5, 5.41) is 7.32. The van der Waals surface area contributed by atoms with E-state index in [0.717, 1.165) is 4.90 Å². The van der Waals surface area contributed by atoms with Gasteiger partial charge in [-0.3, -0.25) is 39.0 Å². The van der Waals surface area contributed by atoms with Crippen LogP contribution in [0.2, 0.25) is 0 Å². The van der Waals surface area contributed by atoms with E-state index in [2.05, 4.69) is 16.0 Å². The van der Waals surface area contributed by atoms with Gasteiger partial charge >= 0.3 is 0 Å². The first-order chi connectivity index (χ1) is 14.9. The molecule has 1 atom stereocenters. The highest BCUT2D eigenvalue weighted by molar-refractivity contribution is 6.24. The van der Waals surface area contributed by atoms with Crippen LogP contribution in [0.3, 0.4) is 0 Å². The van der Waals surface area contributed by atoms with Crippen LogP contribution in [0.15, 0.2) is 18.2 Å². The monoisotopic (exact) mass is 430 g/mol. The average Bonchev–Trinajstić information content (AvgIpc) is 3.00. The van der Waals surface area contributed by atoms with Crippen LogP contribution in [0.25, 0.3) is 0 Å². The van der Waals surface area contributed by atoms with Crippen molar-refractivity contribution >= 4 is 35.9 Å². The van der Waals surface area contributed by atoms with Crippen molar-refractivity contribution in [3.05, 3.63) is 29.3 Å². The molecule has 0 radical (unpaired) electrons. The fraction of sp³-hybridized carbons (Fsp3) is 0.400. The molecule has 2 heterocycles. The summed E-state index contributed by atoms with van der Waals surface area (Å²) in [5.41, 5.74) is 0.0697. The van der Waals surface area contributed by atoms with Crippen molar-refractivity contribution in [3.8, 4) is 5.75 Å². The number of carbonyl (C=O) groups excluding carboxylic acids is 6. The maximum Gasteiger partial charge on any atom is 0.266 e. The number of nitrogens with one attached hydrogen (secondary N) is 3. The van der Waals surface area contributed by atoms with Gasteiger partial charge in [0.25, 0.3) is 17.7 Å². The highest BCUT2D eigenvalue weighted by atomic mass is 16.5. The first kappa shape index (κ1) is 21.9. The number of amides is 6. The Morgan fingerprint density at radius 3 is 2.68 bits per heavy atom. The van der Waals surface area contributed by atoms with Gasteiger partial charge in [0.15, 0.2) is 6.61 Å². The predicted octanol–water partition coefficient (Wildman–Crippen LogP) is -0.891. The second-order valence-electron chi connectivity index (χ2n) is 7.04. The Labute approximate surface area is 177 Å². The first-order valence-electron chi connectivity index (χ1n) is 9.85. The van der Waals surface area contributed by atoms with E-state index in [-0.39, 0.29) is 36.3 Å². The zero-order valence-electron chi connectivity index (χ0n) is 16.6. The van der Waals surface area contributed by atoms with Crippen molar-refractivity contribution < 1.29 is 33.5 Å². The molecule has 11 nitrogen and oxygen atoms in total. The zero-order chi connectivity index (χ0) is 22.4. The summed E-state index contributed by atoms with van der Waals surface area (Å²) in [6, 6.07) is 3.36. The van der Waals surface area contributed by atoms with E-state index >= 15 is 0 Å². The maximum absolute atomic E-state index is 12.9. The van der Waals surface area contributed by atoms with E-state index in [4.69, 9.17) is 4.74 Å². The van der Waals surface area contributed by atoms with Gasteiger partial charge in [0, 0.05) is 19.5 Å². The Morgan fingerprint density at radius 2 is 1.94 bits per heavy atom. The topological polar surface area (TPSA) is 151 Å². The lowest BCUT2D eigenvalue weighted by molar-refractivity contribution is -0.136. The molecular formula is C20H22N4O7. The molecule has 0 aliphatic carbocycles. The summed E-state index contributed by atoms with van der Waals surface area (Å²) in [4.78, 5) is 72.1. The minimum absolute atomic E-state index is 0.00932. The maximum atomic E-state index is 12.9. The molecule has 3 N–H and O–H groups in total. The predicted molar refractivity (Wildman–Crippen MR) is 105 cm³/mol. The van der Waals surface area contributed by atoms with Crippen molar-refractivity contribution in [2.45, 2.75) is 31.7 Å². The molecular weight excluding hydrogens is 408 g/mol. The molecule has 0 bridgehead atoms. The normalized spacial score (nSPS) is 17.8. The lowest BCUT2D eigenvalue weighted by Crippen LogP contribution is -2.54. The number of nitrogens with zero attached hydrogens (tertiary/aromatic N) is 1. The van der Waals surface area contributed by atoms with Crippen LogP contribution < -0.4 is 20.7 Å². The van der Waals surface area contributed by atoms with Crippen molar-refractivity contribution in [2.75, 3.05) is 19.7 Å². The third-order valence-electron chi connectivity index (χ3n) is 4.94. The van der Waals surface area contributed by atoms with Crippen molar-refractivity contribution in [1.82, 2.24) is 20.9 Å². The quantitative estimate of drug-likeness (QED) is 0.247. The number of hydrogen-bond donors (Lipinski definition) is 3. The molecule has 31 heavy (non-hydrogen) atoms. The van der Waals surface area contributed by atoms with Gasteiger partial charge in [0.05, 0.1) is 11.1 Å². The SMILES string of the molecule is O=CNCCCCNC(=O)COc1cccc2c1C(=O)N(C1CCC(=O)NC1=O)C2=O. The van der Waals surface area contributed by atoms with Crippen molar-refractivity contribution in [2.24, 2.45) is 0 Å². The molecule has 2 aliphatic heterocycles. The Kier molecular flexibility index (Phi) is 6.96. The van der Waals surface area contributed by atoms with Gasteiger partial charge in [-0.1, -0.05) is 6.07 Å². The number of piperidine rings is 1. The Bertz CT molecular complexity index is 930. The Morgan fingerprint density at radius 1 is 1.16 bits per heavy atom. The standard InChI is InChI=1S/C20H22N4O7/c25-11-21-8-1-2-9-22-16(27)10-31-14-5-3-4-12-17(14)20(30)24(19(12)29)13-6-7-15(26)23-18(13)28/h3-5,11,13H,1-2,6-10H2,(H,21,25)(H,22,27)(H,23,26,28). The second kappa shape index (κ2) is 9.83. The van der Waals surface area contributed by atoms with Gasteiger partial charge in [-0.15, -0.1) is 0 Å². The van der Waals surface area contributed by atoms with Crippen LogP contribution in [-0.4, -0.2) is 66.6 Å². The first-order valence-corrected chi connectivity index (χ1v) is 9.85. The molecule has 0 spiro atoms. The number of ether oxygens (including phenoxy) is 1. The molecule has 0 aromatic heterocycles. The summed E-state index contributed by atoms with van der Waals surface area (Å²) in [5.74, 6) is -2.83. The molecule has 1 fully saturated rings. The van der Waals surface area contributed by atoms with E-state index in [1.54, 1.807) is 0 Å². The van der Waals surface area contributed by atoms with Crippen LogP contribution in [0.5, 0.6) is 5.75 Å². The lowest BCUT2D eigenvalue weighted by atomic mass is 10.0. The van der Waals surface area contributed by atoms with Crippen LogP contribution in [0, 0.1) is 0 Å². The number of benzene rings is 1. The van der Waals surface area contributed by atoms with E-state index in [1.165, 1.54) is 18.2 Å². The largest absolute Gasteiger partial charge is 0.483 e. The highest BCUT2D eigenvalue weighted by Gasteiger charge is 2.46. The van der Waals surface area contributed by atoms with Gasteiger partial charge in [-0.25, -0.2) is 0 Å². The van der Waals surface area contributed by atoms with Crippen LogP contribution in [-0.2, 0) is 19.2 Å². The Hall–Kier alpha value is -3.76. The fourth-order valence-corrected chi connectivity index (χ4v) is 3.44. The lowest BCUT2D eigenvalue weighted by Gasteiger charge is -2.27. The smallest absolute Gasteiger partial charge is 0.266 e. The number of imide groups is 2. The summed E-state index contributed by atoms with van der Waals surface area (Å²) >= 11 is 0. The van der Waals surface area contributed by atoms with E-state index in [1.807, 2.05) is 0 Å². The number of fused-ring (bicyclic) bond motifs is 1. The molecule has 0 saturated carbocycles. The highest BCUT2D eigenvalue weighted by Crippen LogP contribution is 2.33. The molecule has 1 aromatic rings. The average molecular weight is 430 g/mol. The van der Waals surface area contributed by atoms with E-state index < -0.39 is 35.6 Å². The minimum atomic E-state index is -1.07. The third-order valence-corrected chi connectivity index (χ3v) is 4.94. The molecule has 2 aliphatic rings. The van der Waals surface area contributed by atoms with Crippen molar-refractivity contribution in [1.29, 1.82) is 0 Å². The number of hydrogen-bond acceptors (Lipinski definition) is 7. The third kappa shape index (κ3) is 4.87. The number of unbranched alkanes of at least 4 members (excludes halogenated alkanes) is 1. The molecule has 3 rings (SSSR count). The zero-order valence-corrected chi connectivity index (χ0v) is 16.6. The molecule has 11 heteroatoms. The number of rotatable bonds is 10. The minimum Gasteiger partial charge on any atom is -0.483 e. The van der Waals surface area contributed by atoms with Gasteiger partial charge in [0.2, 0.25) is 18.2 Å². The van der Waals surface area contributed by atoms with Crippen LogP contribution >= 0.6 is 0 Å². The molecule has 1 aromatic carbocycles. The summed E-state index contributed by atoms with van der Waals surface area (Å²) < 4.78 is 5.48. The summed E-state index contributed by atoms with van der Waals surface area (Å²) in [6.45, 7) is 0.561. The van der Waals surface area contributed by atoms with Crippen molar-refractivity contribution in [3.63, 3.8) is 0 Å². The van der Waals surface area contributed by atoms with Crippen LogP contribution in [0.4, 0.5) is 0 Å². The van der Waals surface area contributed by atoms with Gasteiger partial charge in [-0.05, 0) is 31.4 Å². The fourth-order valence-electron chi connectivity index (χ4n) is 3.44. The second-order valence-corrected chi connectivity index (χ2v) is 7.04. The Balaban J connectivity index is 1.61. The van der Waals surface area contributed by atoms with Gasteiger partial charge in [0.1, 0.15) is 11.8 Å². The summed E-state index contributed by atoms with van der Waals surface area (Å²) in [6.07, 6.45) is 2.06. The molecule has 1 unspecified atom stereocenters. The van der Waals surface area contributed by atoms with Crippen LogP contribution in [0.1, 0.15) is 46.4 Å². The number of carbonyl (C=O) groups is 6. The van der Waals surface area contributed by atoms with Gasteiger partial charge in [-0.2, -0.15) is 0 Å². The molecule has 164 valence electrons. The van der Waals surface area contributed by atoms with E-state index in [0.29, 0.717) is 32.3 Å².